The van der Waals surface area contributed by atoms with Crippen LogP contribution in [0.5, 0.6) is 11.5 Å². The predicted molar refractivity (Wildman–Crippen MR) is 106 cm³/mol. The van der Waals surface area contributed by atoms with E-state index in [4.69, 9.17) is 9.47 Å². The van der Waals surface area contributed by atoms with Gasteiger partial charge in [0.1, 0.15) is 0 Å². The second kappa shape index (κ2) is 7.40. The molecule has 146 valence electrons. The van der Waals surface area contributed by atoms with Gasteiger partial charge in [-0.1, -0.05) is 0 Å². The summed E-state index contributed by atoms with van der Waals surface area (Å²) in [6.07, 6.45) is 0.847. The molecule has 2 heterocycles. The average Bonchev–Trinajstić information content (AvgIpc) is 3.06. The number of benzene rings is 2. The SMILES string of the molecule is COc1cc2c(cc1OC)CN(CC(=O)Nc1ccc3[nH]c(=O)[nH]c3c1)CC2. The average molecular weight is 382 g/mol. The molecule has 0 bridgehead atoms. The third-order valence-electron chi connectivity index (χ3n) is 4.96. The molecule has 0 aliphatic carbocycles. The van der Waals surface area contributed by atoms with E-state index in [0.717, 1.165) is 24.3 Å². The van der Waals surface area contributed by atoms with Crippen molar-refractivity contribution in [2.75, 3.05) is 32.6 Å². The fourth-order valence-electron chi connectivity index (χ4n) is 3.59. The van der Waals surface area contributed by atoms with Crippen molar-refractivity contribution in [1.29, 1.82) is 0 Å². The number of carbonyl (C=O) groups is 1. The number of hydrogen-bond acceptors (Lipinski definition) is 5. The molecule has 1 aliphatic heterocycles. The number of H-pyrrole nitrogens is 2. The van der Waals surface area contributed by atoms with E-state index < -0.39 is 0 Å². The van der Waals surface area contributed by atoms with Gasteiger partial charge in [-0.25, -0.2) is 4.79 Å². The number of methoxy groups -OCH3 is 2. The molecule has 1 aromatic heterocycles. The van der Waals surface area contributed by atoms with E-state index in [2.05, 4.69) is 20.2 Å². The Bertz CT molecular complexity index is 1090. The van der Waals surface area contributed by atoms with Crippen molar-refractivity contribution in [1.82, 2.24) is 14.9 Å². The summed E-state index contributed by atoms with van der Waals surface area (Å²) in [6, 6.07) is 9.27. The van der Waals surface area contributed by atoms with Crippen molar-refractivity contribution in [3.63, 3.8) is 0 Å². The largest absolute Gasteiger partial charge is 0.493 e. The lowest BCUT2D eigenvalue weighted by molar-refractivity contribution is -0.117. The van der Waals surface area contributed by atoms with E-state index in [-0.39, 0.29) is 18.1 Å². The second-order valence-electron chi connectivity index (χ2n) is 6.82. The van der Waals surface area contributed by atoms with Crippen LogP contribution in [0.1, 0.15) is 11.1 Å². The summed E-state index contributed by atoms with van der Waals surface area (Å²) in [5.74, 6) is 1.33. The number of imidazole rings is 1. The first-order valence-corrected chi connectivity index (χ1v) is 9.04. The van der Waals surface area contributed by atoms with Crippen LogP contribution < -0.4 is 20.5 Å². The van der Waals surface area contributed by atoms with Crippen LogP contribution in [0.2, 0.25) is 0 Å². The molecule has 3 aromatic rings. The molecule has 0 atom stereocenters. The van der Waals surface area contributed by atoms with Crippen LogP contribution >= 0.6 is 0 Å². The Kier molecular flexibility index (Phi) is 4.79. The number of amides is 1. The Labute approximate surface area is 161 Å². The summed E-state index contributed by atoms with van der Waals surface area (Å²) in [5, 5.41) is 2.89. The fraction of sp³-hybridized carbons (Fsp3) is 0.300. The standard InChI is InChI=1S/C20H22N4O4/c1-27-17-7-12-5-6-24(10-13(12)8-18(17)28-2)11-19(25)21-14-3-4-15-16(9-14)23-20(26)22-15/h3-4,7-9H,5-6,10-11H2,1-2H3,(H,21,25)(H2,22,23,26). The van der Waals surface area contributed by atoms with Gasteiger partial charge in [0.05, 0.1) is 31.8 Å². The van der Waals surface area contributed by atoms with Crippen LogP contribution in [-0.2, 0) is 17.8 Å². The van der Waals surface area contributed by atoms with Gasteiger partial charge in [-0.3, -0.25) is 9.69 Å². The highest BCUT2D eigenvalue weighted by Gasteiger charge is 2.21. The van der Waals surface area contributed by atoms with Gasteiger partial charge in [0.15, 0.2) is 11.5 Å². The lowest BCUT2D eigenvalue weighted by Gasteiger charge is -2.29. The molecule has 0 fully saturated rings. The van der Waals surface area contributed by atoms with Gasteiger partial charge in [0.25, 0.3) is 0 Å². The zero-order valence-electron chi connectivity index (χ0n) is 15.8. The number of nitrogens with one attached hydrogen (secondary N) is 3. The number of ether oxygens (including phenoxy) is 2. The summed E-state index contributed by atoms with van der Waals surface area (Å²) < 4.78 is 10.7. The maximum atomic E-state index is 12.5. The van der Waals surface area contributed by atoms with Crippen molar-refractivity contribution in [2.45, 2.75) is 13.0 Å². The Morgan fingerprint density at radius 1 is 1.07 bits per heavy atom. The van der Waals surface area contributed by atoms with Crippen molar-refractivity contribution in [2.24, 2.45) is 0 Å². The third kappa shape index (κ3) is 3.59. The number of carbonyl (C=O) groups excluding carboxylic acids is 1. The van der Waals surface area contributed by atoms with Crippen LogP contribution in [-0.4, -0.2) is 48.1 Å². The Morgan fingerprint density at radius 2 is 1.79 bits per heavy atom. The van der Waals surface area contributed by atoms with E-state index in [1.807, 2.05) is 12.1 Å². The molecule has 0 unspecified atom stereocenters. The minimum Gasteiger partial charge on any atom is -0.493 e. The van der Waals surface area contributed by atoms with Crippen molar-refractivity contribution in [3.8, 4) is 11.5 Å². The Balaban J connectivity index is 1.43. The number of rotatable bonds is 5. The minimum atomic E-state index is -0.266. The van der Waals surface area contributed by atoms with E-state index >= 15 is 0 Å². The Hall–Kier alpha value is -3.26. The molecule has 1 amide bonds. The highest BCUT2D eigenvalue weighted by molar-refractivity contribution is 5.94. The van der Waals surface area contributed by atoms with Crippen LogP contribution in [0.3, 0.4) is 0 Å². The maximum Gasteiger partial charge on any atom is 0.323 e. The molecule has 8 heteroatoms. The van der Waals surface area contributed by atoms with E-state index in [1.54, 1.807) is 32.4 Å². The van der Waals surface area contributed by atoms with E-state index in [1.165, 1.54) is 5.56 Å². The van der Waals surface area contributed by atoms with Crippen molar-refractivity contribution in [3.05, 3.63) is 51.9 Å². The number of fused-ring (bicyclic) bond motifs is 2. The first kappa shape index (κ1) is 18.1. The molecular weight excluding hydrogens is 360 g/mol. The number of aromatic nitrogens is 2. The number of hydrogen-bond donors (Lipinski definition) is 3. The van der Waals surface area contributed by atoms with Gasteiger partial charge >= 0.3 is 5.69 Å². The van der Waals surface area contributed by atoms with Crippen molar-refractivity contribution >= 4 is 22.6 Å². The van der Waals surface area contributed by atoms with Gasteiger partial charge in [-0.05, 0) is 47.9 Å². The molecule has 3 N–H and O–H groups in total. The molecule has 28 heavy (non-hydrogen) atoms. The summed E-state index contributed by atoms with van der Waals surface area (Å²) in [6.45, 7) is 1.75. The highest BCUT2D eigenvalue weighted by atomic mass is 16.5. The molecule has 1 aliphatic rings. The second-order valence-corrected chi connectivity index (χ2v) is 6.82. The summed E-state index contributed by atoms with van der Waals surface area (Å²) in [5.41, 5.74) is 4.11. The minimum absolute atomic E-state index is 0.0961. The van der Waals surface area contributed by atoms with Crippen LogP contribution in [0, 0.1) is 0 Å². The van der Waals surface area contributed by atoms with Gasteiger partial charge < -0.3 is 24.8 Å². The smallest absolute Gasteiger partial charge is 0.323 e. The molecule has 4 rings (SSSR count). The molecule has 2 aromatic carbocycles. The van der Waals surface area contributed by atoms with Crippen LogP contribution in [0.15, 0.2) is 35.1 Å². The molecule has 8 nitrogen and oxygen atoms in total. The predicted octanol–water partition coefficient (Wildman–Crippen LogP) is 1.87. The molecule has 0 radical (unpaired) electrons. The summed E-state index contributed by atoms with van der Waals surface area (Å²) in [7, 11) is 3.25. The van der Waals surface area contributed by atoms with Gasteiger partial charge in [0, 0.05) is 18.8 Å². The summed E-state index contributed by atoms with van der Waals surface area (Å²) in [4.78, 5) is 31.3. The first-order valence-electron chi connectivity index (χ1n) is 9.04. The number of anilines is 1. The van der Waals surface area contributed by atoms with Gasteiger partial charge in [-0.2, -0.15) is 0 Å². The first-order chi connectivity index (χ1) is 13.6. The quantitative estimate of drug-likeness (QED) is 0.626. The number of nitrogens with zero attached hydrogens (tertiary/aromatic N) is 1. The van der Waals surface area contributed by atoms with Crippen LogP contribution in [0.25, 0.3) is 11.0 Å². The fourth-order valence-corrected chi connectivity index (χ4v) is 3.59. The zero-order chi connectivity index (χ0) is 19.7. The lowest BCUT2D eigenvalue weighted by atomic mass is 9.99. The van der Waals surface area contributed by atoms with Crippen molar-refractivity contribution < 1.29 is 14.3 Å². The summed E-state index contributed by atoms with van der Waals surface area (Å²) >= 11 is 0. The monoisotopic (exact) mass is 382 g/mol. The Morgan fingerprint density at radius 3 is 2.54 bits per heavy atom. The molecular formula is C20H22N4O4. The third-order valence-corrected chi connectivity index (χ3v) is 4.96. The van der Waals surface area contributed by atoms with Gasteiger partial charge in [-0.15, -0.1) is 0 Å². The lowest BCUT2D eigenvalue weighted by Crippen LogP contribution is -2.37. The normalized spacial score (nSPS) is 13.9. The molecule has 0 spiro atoms. The molecule has 0 saturated heterocycles. The van der Waals surface area contributed by atoms with Gasteiger partial charge in [0.2, 0.25) is 5.91 Å². The van der Waals surface area contributed by atoms with E-state index in [0.29, 0.717) is 29.0 Å². The number of aromatic amines is 2. The highest BCUT2D eigenvalue weighted by Crippen LogP contribution is 2.33. The maximum absolute atomic E-state index is 12.5. The zero-order valence-corrected chi connectivity index (χ0v) is 15.8. The van der Waals surface area contributed by atoms with E-state index in [9.17, 15) is 9.59 Å². The topological polar surface area (TPSA) is 99.4 Å². The van der Waals surface area contributed by atoms with Crippen LogP contribution in [0.4, 0.5) is 5.69 Å². The molecule has 0 saturated carbocycles.